The maximum absolute atomic E-state index is 11.6. The maximum atomic E-state index is 11.6. The summed E-state index contributed by atoms with van der Waals surface area (Å²) in [6.07, 6.45) is 0. The Hall–Kier alpha value is -2.35. The molecule has 0 atom stereocenters. The fraction of sp³-hybridized carbons (Fsp3) is 0.100. The van der Waals surface area contributed by atoms with Crippen molar-refractivity contribution >= 4 is 22.5 Å². The van der Waals surface area contributed by atoms with E-state index in [0.717, 1.165) is 4.57 Å². The highest BCUT2D eigenvalue weighted by Crippen LogP contribution is 2.36. The van der Waals surface area contributed by atoms with Crippen molar-refractivity contribution < 1.29 is 9.90 Å². The molecule has 0 unspecified atom stereocenters. The van der Waals surface area contributed by atoms with Crippen molar-refractivity contribution in [2.75, 3.05) is 0 Å². The van der Waals surface area contributed by atoms with Crippen LogP contribution in [0.4, 0.5) is 5.69 Å². The average Bonchev–Trinajstić information content (AvgIpc) is 2.49. The number of carbonyl (C=O) groups excluding carboxylic acids is 1. The Balaban J connectivity index is 2.99. The van der Waals surface area contributed by atoms with Crippen molar-refractivity contribution in [3.8, 4) is 5.88 Å². The van der Waals surface area contributed by atoms with Gasteiger partial charge in [0.2, 0.25) is 11.3 Å². The summed E-state index contributed by atoms with van der Waals surface area (Å²) in [5.74, 6) is -0.989. The van der Waals surface area contributed by atoms with E-state index in [1.165, 1.54) is 6.92 Å². The first-order valence-corrected chi connectivity index (χ1v) is 4.33. The summed E-state index contributed by atoms with van der Waals surface area (Å²) in [6, 6.07) is 6.68. The average molecular weight is 201 g/mol. The van der Waals surface area contributed by atoms with Gasteiger partial charge in [-0.15, -0.1) is 0 Å². The van der Waals surface area contributed by atoms with Gasteiger partial charge in [-0.25, -0.2) is 0 Å². The lowest BCUT2D eigenvalue weighted by atomic mass is 10.2. The van der Waals surface area contributed by atoms with Gasteiger partial charge < -0.3 is 5.11 Å². The number of hydrogen-bond donors (Lipinski definition) is 0. The van der Waals surface area contributed by atoms with Gasteiger partial charge in [0, 0.05) is 6.92 Å². The van der Waals surface area contributed by atoms with E-state index >= 15 is 0 Å². The van der Waals surface area contributed by atoms with E-state index in [1.807, 2.05) is 0 Å². The number of carbonyl (C=O) groups is 1. The van der Waals surface area contributed by atoms with Crippen LogP contribution in [-0.2, 0) is 0 Å². The number of rotatable bonds is 0. The number of para-hydroxylation sites is 1. The van der Waals surface area contributed by atoms with E-state index in [4.69, 9.17) is 5.39 Å². The van der Waals surface area contributed by atoms with E-state index in [-0.39, 0.29) is 5.69 Å². The van der Waals surface area contributed by atoms with Crippen LogP contribution in [-0.4, -0.2) is 10.5 Å². The Bertz CT molecular complexity index is 592. The van der Waals surface area contributed by atoms with Gasteiger partial charge in [0.1, 0.15) is 0 Å². The molecule has 0 fully saturated rings. The molecule has 5 nitrogen and oxygen atoms in total. The van der Waals surface area contributed by atoms with Gasteiger partial charge >= 0.3 is 5.69 Å². The number of nitrogens with zero attached hydrogens (tertiary/aromatic N) is 3. The monoisotopic (exact) mass is 201 g/mol. The molecule has 0 aliphatic rings. The summed E-state index contributed by atoms with van der Waals surface area (Å²) in [5, 5.41) is 20.8. The third-order valence-corrected chi connectivity index (χ3v) is 2.22. The number of hydrogen-bond acceptors (Lipinski definition) is 3. The molecule has 2 rings (SSSR count). The summed E-state index contributed by atoms with van der Waals surface area (Å²) >= 11 is 0. The van der Waals surface area contributed by atoms with Crippen LogP contribution in [0, 0.1) is 5.39 Å². The molecule has 74 valence electrons. The quantitative estimate of drug-likeness (QED) is 0.610. The zero-order valence-corrected chi connectivity index (χ0v) is 7.97. The predicted octanol–water partition coefficient (Wildman–Crippen LogP) is 1.86. The predicted molar refractivity (Wildman–Crippen MR) is 52.4 cm³/mol. The second-order valence-electron chi connectivity index (χ2n) is 3.13. The van der Waals surface area contributed by atoms with E-state index in [9.17, 15) is 9.90 Å². The summed E-state index contributed by atoms with van der Waals surface area (Å²) in [5.41, 5.74) is 0.364. The number of aromatic nitrogens is 1. The van der Waals surface area contributed by atoms with Crippen LogP contribution >= 0.6 is 0 Å². The van der Waals surface area contributed by atoms with Crippen molar-refractivity contribution in [2.24, 2.45) is 0 Å². The van der Waals surface area contributed by atoms with Crippen LogP contribution in [0.15, 0.2) is 24.3 Å². The smallest absolute Gasteiger partial charge is 0.403 e. The lowest BCUT2D eigenvalue weighted by Gasteiger charge is -2.05. The van der Waals surface area contributed by atoms with Crippen LogP contribution in [0.5, 0.6) is 5.88 Å². The Morgan fingerprint density at radius 1 is 1.47 bits per heavy atom. The minimum absolute atomic E-state index is 0.0965. The Morgan fingerprint density at radius 2 is 2.13 bits per heavy atom. The van der Waals surface area contributed by atoms with Gasteiger partial charge in [0.15, 0.2) is 4.98 Å². The molecule has 0 saturated heterocycles. The standard InChI is InChI=1S/C10H7N3O2/c1-6(14)13-8-5-3-2-4-7(8)9(12-11)10(13)15/h2-5H,1H3. The van der Waals surface area contributed by atoms with Crippen molar-refractivity contribution in [1.82, 2.24) is 4.57 Å². The fourth-order valence-electron chi connectivity index (χ4n) is 1.61. The summed E-state index contributed by atoms with van der Waals surface area (Å²) < 4.78 is 0.990. The maximum Gasteiger partial charge on any atom is 0.403 e. The molecule has 0 aliphatic heterocycles. The zero-order chi connectivity index (χ0) is 11.0. The van der Waals surface area contributed by atoms with E-state index < -0.39 is 11.8 Å². The Kier molecular flexibility index (Phi) is 1.90. The number of fused-ring (bicyclic) bond motifs is 1. The highest BCUT2D eigenvalue weighted by atomic mass is 16.3. The molecule has 0 N–H and O–H groups in total. The molecule has 0 bridgehead atoms. The molecule has 1 aromatic heterocycles. The molecule has 1 aromatic carbocycles. The molecule has 15 heavy (non-hydrogen) atoms. The highest BCUT2D eigenvalue weighted by molar-refractivity contribution is 6.03. The van der Waals surface area contributed by atoms with Gasteiger partial charge in [0.05, 0.1) is 16.8 Å². The zero-order valence-electron chi connectivity index (χ0n) is 7.97. The van der Waals surface area contributed by atoms with Gasteiger partial charge in [0.25, 0.3) is 0 Å². The first-order valence-electron chi connectivity index (χ1n) is 4.33. The molecular weight excluding hydrogens is 194 g/mol. The number of benzene rings is 1. The lowest BCUT2D eigenvalue weighted by molar-refractivity contribution is -0.275. The minimum atomic E-state index is -0.591. The summed E-state index contributed by atoms with van der Waals surface area (Å²) in [7, 11) is 0. The first kappa shape index (κ1) is 9.21. The summed E-state index contributed by atoms with van der Waals surface area (Å²) in [6.45, 7) is 1.29. The Morgan fingerprint density at radius 3 is 2.73 bits per heavy atom. The van der Waals surface area contributed by atoms with Crippen molar-refractivity contribution in [2.45, 2.75) is 6.92 Å². The van der Waals surface area contributed by atoms with Gasteiger partial charge in [-0.2, -0.15) is 0 Å². The SMILES string of the molecule is CC(=O)n1c([O-])c([N+]#N)c2ccccc21. The molecule has 0 saturated carbocycles. The third kappa shape index (κ3) is 1.15. The molecule has 0 amide bonds. The molecule has 5 heteroatoms. The van der Waals surface area contributed by atoms with Gasteiger partial charge in [-0.3, -0.25) is 9.36 Å². The van der Waals surface area contributed by atoms with Crippen LogP contribution in [0.2, 0.25) is 0 Å². The van der Waals surface area contributed by atoms with E-state index in [1.54, 1.807) is 24.3 Å². The van der Waals surface area contributed by atoms with E-state index in [0.29, 0.717) is 10.9 Å². The molecule has 0 aliphatic carbocycles. The normalized spacial score (nSPS) is 10.1. The molecule has 0 spiro atoms. The van der Waals surface area contributed by atoms with Crippen LogP contribution in [0.1, 0.15) is 11.7 Å². The van der Waals surface area contributed by atoms with Gasteiger partial charge in [-0.05, 0) is 12.1 Å². The fourth-order valence-corrected chi connectivity index (χ4v) is 1.61. The Labute approximate surface area is 85.2 Å². The molecule has 2 aromatic rings. The van der Waals surface area contributed by atoms with Gasteiger partial charge in [-0.1, -0.05) is 12.1 Å². The molecular formula is C10H7N3O2. The molecule has 0 radical (unpaired) electrons. The topological polar surface area (TPSA) is 73.2 Å². The number of diazo groups is 1. The van der Waals surface area contributed by atoms with Crippen LogP contribution in [0.25, 0.3) is 15.9 Å². The summed E-state index contributed by atoms with van der Waals surface area (Å²) in [4.78, 5) is 14.2. The highest BCUT2D eigenvalue weighted by Gasteiger charge is 2.21. The van der Waals surface area contributed by atoms with Crippen molar-refractivity contribution in [1.29, 1.82) is 5.39 Å². The second kappa shape index (κ2) is 3.10. The van der Waals surface area contributed by atoms with E-state index in [2.05, 4.69) is 4.98 Å². The van der Waals surface area contributed by atoms with Crippen molar-refractivity contribution in [3.63, 3.8) is 0 Å². The first-order chi connectivity index (χ1) is 7.16. The van der Waals surface area contributed by atoms with Crippen LogP contribution in [0.3, 0.4) is 0 Å². The second-order valence-corrected chi connectivity index (χ2v) is 3.13. The molecule has 1 heterocycles. The third-order valence-electron chi connectivity index (χ3n) is 2.22. The largest absolute Gasteiger partial charge is 0.854 e. The lowest BCUT2D eigenvalue weighted by Crippen LogP contribution is -2.09. The minimum Gasteiger partial charge on any atom is -0.854 e. The van der Waals surface area contributed by atoms with Crippen LogP contribution < -0.4 is 5.11 Å². The van der Waals surface area contributed by atoms with Crippen molar-refractivity contribution in [3.05, 3.63) is 29.2 Å².